The van der Waals surface area contributed by atoms with Crippen LogP contribution in [-0.2, 0) is 15.4 Å². The minimum atomic E-state index is -4.15. The molecule has 2 aromatic carbocycles. The van der Waals surface area contributed by atoms with Crippen molar-refractivity contribution in [2.45, 2.75) is 17.2 Å². The summed E-state index contributed by atoms with van der Waals surface area (Å²) >= 11 is 0. The van der Waals surface area contributed by atoms with Crippen LogP contribution in [0.1, 0.15) is 16.7 Å². The van der Waals surface area contributed by atoms with Gasteiger partial charge in [-0.2, -0.15) is 0 Å². The van der Waals surface area contributed by atoms with Gasteiger partial charge in [0, 0.05) is 6.21 Å². The summed E-state index contributed by atoms with van der Waals surface area (Å²) in [6, 6.07) is 8.46. The van der Waals surface area contributed by atoms with Crippen molar-refractivity contribution in [1.29, 1.82) is 0 Å². The van der Waals surface area contributed by atoms with Gasteiger partial charge in [0.15, 0.2) is 0 Å². The molecule has 130 valence electrons. The lowest BCUT2D eigenvalue weighted by Crippen LogP contribution is -2.31. The van der Waals surface area contributed by atoms with Crippen LogP contribution in [0.4, 0.5) is 8.78 Å². The Bertz CT molecular complexity index is 1000. The van der Waals surface area contributed by atoms with E-state index in [-0.39, 0.29) is 5.82 Å². The topological polar surface area (TPSA) is 72.5 Å². The van der Waals surface area contributed by atoms with Crippen LogP contribution < -0.4 is 5.14 Å². The molecule has 1 unspecified atom stereocenters. The Morgan fingerprint density at radius 3 is 2.32 bits per heavy atom. The largest absolute Gasteiger partial charge is 0.292 e. The van der Waals surface area contributed by atoms with Crippen LogP contribution >= 0.6 is 0 Å². The standard InChI is InChI=1S/C18H16F2N2O2S/c1-12-9-13(3-5-15(12)19)18(7-2-8-22-11-18)14-4-6-17(16(20)10-14)25(21,23)24/h2-10H,11H2,1H3,(H2,21,23,24). The summed E-state index contributed by atoms with van der Waals surface area (Å²) in [7, 11) is -4.15. The molecule has 0 saturated carbocycles. The number of dihydropyridines is 1. The second kappa shape index (κ2) is 6.16. The van der Waals surface area contributed by atoms with Gasteiger partial charge in [-0.25, -0.2) is 22.3 Å². The highest BCUT2D eigenvalue weighted by molar-refractivity contribution is 7.89. The Hall–Kier alpha value is -2.38. The van der Waals surface area contributed by atoms with Gasteiger partial charge in [-0.05, 0) is 47.9 Å². The van der Waals surface area contributed by atoms with Crippen molar-refractivity contribution in [3.8, 4) is 0 Å². The number of benzene rings is 2. The fourth-order valence-electron chi connectivity index (χ4n) is 2.99. The number of halogens is 2. The van der Waals surface area contributed by atoms with Crippen LogP contribution in [0.2, 0.25) is 0 Å². The number of nitrogens with zero attached hydrogens (tertiary/aromatic N) is 1. The van der Waals surface area contributed by atoms with Crippen molar-refractivity contribution < 1.29 is 17.2 Å². The lowest BCUT2D eigenvalue weighted by molar-refractivity contribution is 0.560. The molecule has 0 amide bonds. The van der Waals surface area contributed by atoms with Crippen LogP contribution in [0.15, 0.2) is 58.4 Å². The molecule has 1 aliphatic rings. The van der Waals surface area contributed by atoms with Crippen LogP contribution in [0.5, 0.6) is 0 Å². The minimum absolute atomic E-state index is 0.294. The molecule has 0 saturated heterocycles. The Morgan fingerprint density at radius 1 is 1.08 bits per heavy atom. The van der Waals surface area contributed by atoms with Crippen molar-refractivity contribution in [3.05, 3.63) is 76.9 Å². The second-order valence-electron chi connectivity index (χ2n) is 5.97. The van der Waals surface area contributed by atoms with Crippen LogP contribution in [-0.4, -0.2) is 21.2 Å². The highest BCUT2D eigenvalue weighted by Gasteiger charge is 2.34. The third-order valence-electron chi connectivity index (χ3n) is 4.34. The second-order valence-corrected chi connectivity index (χ2v) is 7.50. The summed E-state index contributed by atoms with van der Waals surface area (Å²) in [4.78, 5) is 3.70. The fraction of sp³-hybridized carbons (Fsp3) is 0.167. The molecular weight excluding hydrogens is 346 g/mol. The maximum Gasteiger partial charge on any atom is 0.240 e. The van der Waals surface area contributed by atoms with Crippen molar-refractivity contribution in [2.75, 3.05) is 6.54 Å². The van der Waals surface area contributed by atoms with E-state index in [1.54, 1.807) is 31.3 Å². The molecule has 0 aliphatic carbocycles. The number of aliphatic imine (C=N–C) groups is 1. The number of rotatable bonds is 3. The molecule has 1 aliphatic heterocycles. The number of nitrogens with two attached hydrogens (primary N) is 1. The molecule has 1 heterocycles. The molecule has 0 fully saturated rings. The Balaban J connectivity index is 2.20. The first-order valence-corrected chi connectivity index (χ1v) is 9.06. The summed E-state index contributed by atoms with van der Waals surface area (Å²) in [6.07, 6.45) is 5.20. The molecular formula is C18H16F2N2O2S. The third kappa shape index (κ3) is 3.12. The van der Waals surface area contributed by atoms with Crippen molar-refractivity contribution >= 4 is 16.2 Å². The lowest BCUT2D eigenvalue weighted by Gasteiger charge is -2.32. The van der Waals surface area contributed by atoms with E-state index in [1.165, 1.54) is 12.1 Å². The molecule has 0 aromatic heterocycles. The van der Waals surface area contributed by atoms with Gasteiger partial charge in [-0.3, -0.25) is 4.99 Å². The molecule has 0 spiro atoms. The Kier molecular flexibility index (Phi) is 4.30. The minimum Gasteiger partial charge on any atom is -0.292 e. The third-order valence-corrected chi connectivity index (χ3v) is 5.28. The van der Waals surface area contributed by atoms with Crippen molar-refractivity contribution in [3.63, 3.8) is 0 Å². The van der Waals surface area contributed by atoms with Gasteiger partial charge in [0.1, 0.15) is 16.5 Å². The number of allylic oxidation sites excluding steroid dienone is 1. The molecule has 2 N–H and O–H groups in total. The highest BCUT2D eigenvalue weighted by atomic mass is 32.2. The Labute approximate surface area is 144 Å². The number of sulfonamides is 1. The van der Waals surface area contributed by atoms with E-state index in [0.717, 1.165) is 17.7 Å². The van der Waals surface area contributed by atoms with Crippen LogP contribution in [0.25, 0.3) is 0 Å². The number of hydrogen-bond acceptors (Lipinski definition) is 3. The summed E-state index contributed by atoms with van der Waals surface area (Å²) in [5.74, 6) is -1.26. The van der Waals surface area contributed by atoms with Gasteiger partial charge >= 0.3 is 0 Å². The molecule has 4 nitrogen and oxygen atoms in total. The molecule has 0 bridgehead atoms. The van der Waals surface area contributed by atoms with Gasteiger partial charge in [-0.1, -0.05) is 24.3 Å². The maximum atomic E-state index is 14.3. The van der Waals surface area contributed by atoms with Crippen LogP contribution in [0.3, 0.4) is 0 Å². The lowest BCUT2D eigenvalue weighted by atomic mass is 9.73. The summed E-state index contributed by atoms with van der Waals surface area (Å²) in [5.41, 5.74) is 0.894. The van der Waals surface area contributed by atoms with E-state index in [1.807, 2.05) is 6.08 Å². The normalized spacial score (nSPS) is 20.0. The quantitative estimate of drug-likeness (QED) is 0.912. The molecule has 3 rings (SSSR count). The van der Waals surface area contributed by atoms with Crippen LogP contribution in [0, 0.1) is 18.6 Å². The molecule has 7 heteroatoms. The SMILES string of the molecule is Cc1cc(C2(c3ccc(S(N)(=O)=O)c(F)c3)C=CC=NC2)ccc1F. The van der Waals surface area contributed by atoms with E-state index in [4.69, 9.17) is 5.14 Å². The van der Waals surface area contributed by atoms with Gasteiger partial charge in [0.25, 0.3) is 0 Å². The number of primary sulfonamides is 1. The molecule has 2 aromatic rings. The zero-order valence-electron chi connectivity index (χ0n) is 13.4. The summed E-state index contributed by atoms with van der Waals surface area (Å²) < 4.78 is 50.9. The van der Waals surface area contributed by atoms with E-state index in [2.05, 4.69) is 4.99 Å². The molecule has 1 atom stereocenters. The average molecular weight is 362 g/mol. The first kappa shape index (κ1) is 17.4. The van der Waals surface area contributed by atoms with Crippen molar-refractivity contribution in [2.24, 2.45) is 10.1 Å². The summed E-state index contributed by atoms with van der Waals surface area (Å²) in [5, 5.41) is 5.02. The van der Waals surface area contributed by atoms with Crippen molar-refractivity contribution in [1.82, 2.24) is 0 Å². The molecule has 0 radical (unpaired) electrons. The Morgan fingerprint density at radius 2 is 1.76 bits per heavy atom. The first-order valence-electron chi connectivity index (χ1n) is 7.51. The highest BCUT2D eigenvalue weighted by Crippen LogP contribution is 2.37. The zero-order valence-corrected chi connectivity index (χ0v) is 14.2. The first-order chi connectivity index (χ1) is 11.7. The monoisotopic (exact) mass is 362 g/mol. The maximum absolute atomic E-state index is 14.3. The predicted molar refractivity (Wildman–Crippen MR) is 92.2 cm³/mol. The van der Waals surface area contributed by atoms with E-state index >= 15 is 0 Å². The van der Waals surface area contributed by atoms with Gasteiger partial charge in [-0.15, -0.1) is 0 Å². The summed E-state index contributed by atoms with van der Waals surface area (Å²) in [6.45, 7) is 1.94. The smallest absolute Gasteiger partial charge is 0.240 e. The molecule has 25 heavy (non-hydrogen) atoms. The average Bonchev–Trinajstić information content (AvgIpc) is 2.56. The number of hydrogen-bond donors (Lipinski definition) is 1. The van der Waals surface area contributed by atoms with E-state index < -0.39 is 26.2 Å². The van der Waals surface area contributed by atoms with Gasteiger partial charge in [0.05, 0.1) is 12.0 Å². The fourth-order valence-corrected chi connectivity index (χ4v) is 3.58. The van der Waals surface area contributed by atoms with E-state index in [0.29, 0.717) is 17.7 Å². The number of aryl methyl sites for hydroxylation is 1. The van der Waals surface area contributed by atoms with Gasteiger partial charge in [0.2, 0.25) is 10.0 Å². The zero-order chi connectivity index (χ0) is 18.2. The van der Waals surface area contributed by atoms with E-state index in [9.17, 15) is 17.2 Å². The predicted octanol–water partition coefficient (Wildman–Crippen LogP) is 2.85. The van der Waals surface area contributed by atoms with Gasteiger partial charge < -0.3 is 0 Å².